The van der Waals surface area contributed by atoms with Crippen LogP contribution in [0.4, 0.5) is 9.59 Å². The van der Waals surface area contributed by atoms with Crippen LogP contribution >= 0.6 is 69.6 Å². The lowest BCUT2D eigenvalue weighted by molar-refractivity contribution is -0.172. The van der Waals surface area contributed by atoms with E-state index in [1.54, 1.807) is 33.0 Å². The number of ether oxygens (including phenoxy) is 6. The molecule has 3 N–H and O–H groups in total. The lowest BCUT2D eigenvalue weighted by atomic mass is 9.69. The van der Waals surface area contributed by atoms with Crippen molar-refractivity contribution in [2.45, 2.75) is 97.3 Å². The van der Waals surface area contributed by atoms with Gasteiger partial charge >= 0.3 is 24.1 Å². The van der Waals surface area contributed by atoms with Crippen molar-refractivity contribution >= 4 is 106 Å². The van der Waals surface area contributed by atoms with Gasteiger partial charge in [-0.3, -0.25) is 20.2 Å². The molecule has 2 bridgehead atoms. The molecule has 4 amide bonds. The summed E-state index contributed by atoms with van der Waals surface area (Å²) in [7, 11) is 1.35. The van der Waals surface area contributed by atoms with E-state index in [1.165, 1.54) is 20.1 Å². The van der Waals surface area contributed by atoms with Gasteiger partial charge in [0.15, 0.2) is 6.10 Å². The van der Waals surface area contributed by atoms with Gasteiger partial charge in [0.05, 0.1) is 5.60 Å². The molecule has 3 heterocycles. The van der Waals surface area contributed by atoms with Gasteiger partial charge < -0.3 is 33.4 Å². The van der Waals surface area contributed by atoms with Gasteiger partial charge in [-0.25, -0.2) is 19.2 Å². The molecule has 1 aliphatic carbocycles. The van der Waals surface area contributed by atoms with E-state index >= 15 is 0 Å². The third-order valence-corrected chi connectivity index (χ3v) is 11.1. The highest BCUT2D eigenvalue weighted by Gasteiger charge is 2.58. The number of hydrogen-bond donors (Lipinski definition) is 3. The van der Waals surface area contributed by atoms with Crippen molar-refractivity contribution in [1.82, 2.24) is 15.6 Å². The Morgan fingerprint density at radius 2 is 1.54 bits per heavy atom. The molecule has 56 heavy (non-hydrogen) atoms. The van der Waals surface area contributed by atoms with E-state index in [9.17, 15) is 28.8 Å². The van der Waals surface area contributed by atoms with Gasteiger partial charge in [0.1, 0.15) is 36.2 Å². The molecule has 310 valence electrons. The number of methoxy groups -OCH3 is 1. The molecule has 21 heteroatoms. The standard InChI is InChI=1S/C35H41Cl6N3O12/c1-15-12-16(2)33-14-20(9-10-21(33)13-23(51-6)28(46)54-24(15)19(5)53-32(50)44-30(48)35(39,40)41)26(56-33)25(55-27(45)22-8-7-11-42-22)17(3)18(4)52-31(49)43-29(47)34(36,37)38/h7-12,15,17-21,23-26,42H,13-14H2,1-6H3,(H,43,47,49)(H,44,48,50)/b16-12+/t15-,17-,18+,19-,20-,21-,23+,24+,25-,26-,33+/m1/s1. The number of alkyl carbamates (subject to hydrolysis) is 2. The molecule has 1 spiro atoms. The number of H-pyrrole nitrogens is 1. The third-order valence-electron chi connectivity index (χ3n) is 10.1. The molecule has 11 atom stereocenters. The Labute approximate surface area is 352 Å². The van der Waals surface area contributed by atoms with Crippen LogP contribution in [0.15, 0.2) is 42.1 Å². The molecule has 1 fully saturated rings. The molecule has 15 nitrogen and oxygen atoms in total. The van der Waals surface area contributed by atoms with Gasteiger partial charge in [0.25, 0.3) is 19.4 Å². The molecular formula is C35H41Cl6N3O12. The summed E-state index contributed by atoms with van der Waals surface area (Å²) in [6, 6.07) is 3.16. The number of nitrogens with one attached hydrogen (secondary N) is 3. The summed E-state index contributed by atoms with van der Waals surface area (Å²) in [5, 5.41) is 3.69. The zero-order valence-electron chi connectivity index (χ0n) is 30.8. The predicted octanol–water partition coefficient (Wildman–Crippen LogP) is 6.44. The number of hydrogen-bond acceptors (Lipinski definition) is 12. The van der Waals surface area contributed by atoms with Crippen LogP contribution in [0.1, 0.15) is 57.9 Å². The van der Waals surface area contributed by atoms with Crippen molar-refractivity contribution in [2.24, 2.45) is 23.7 Å². The van der Waals surface area contributed by atoms with E-state index in [0.29, 0.717) is 6.42 Å². The molecule has 1 aromatic rings. The smallest absolute Gasteiger partial charge is 0.414 e. The van der Waals surface area contributed by atoms with Crippen LogP contribution in [0, 0.1) is 23.7 Å². The molecule has 0 saturated carbocycles. The normalized spacial score (nSPS) is 29.5. The Hall–Kier alpha value is -2.76. The summed E-state index contributed by atoms with van der Waals surface area (Å²) in [6.45, 7) is 8.28. The summed E-state index contributed by atoms with van der Waals surface area (Å²) >= 11 is 33.4. The molecular weight excluding hydrogens is 867 g/mol. The van der Waals surface area contributed by atoms with E-state index in [1.807, 2.05) is 35.8 Å². The maximum atomic E-state index is 13.6. The van der Waals surface area contributed by atoms with E-state index < -0.39 is 104 Å². The number of halogens is 6. The molecule has 0 aromatic carbocycles. The number of rotatable bonds is 9. The largest absolute Gasteiger partial charge is 0.456 e. The number of alkyl halides is 6. The fourth-order valence-corrected chi connectivity index (χ4v) is 7.38. The van der Waals surface area contributed by atoms with Crippen LogP contribution < -0.4 is 10.6 Å². The molecule has 0 unspecified atom stereocenters. The zero-order chi connectivity index (χ0) is 41.9. The molecule has 0 radical (unpaired) electrons. The molecule has 3 aliphatic rings. The number of amides is 4. The second-order valence-corrected chi connectivity index (χ2v) is 18.4. The Bertz CT molecular complexity index is 1710. The average Bonchev–Trinajstić information content (AvgIpc) is 3.75. The Morgan fingerprint density at radius 1 is 0.929 bits per heavy atom. The van der Waals surface area contributed by atoms with Crippen LogP contribution in [-0.4, -0.2) is 97.8 Å². The highest BCUT2D eigenvalue weighted by atomic mass is 35.6. The number of cyclic esters (lactones) is 1. The number of carbonyl (C=O) groups is 6. The summed E-state index contributed by atoms with van der Waals surface area (Å²) in [6.07, 6.45) is -0.874. The van der Waals surface area contributed by atoms with Crippen molar-refractivity contribution in [3.05, 3.63) is 47.8 Å². The van der Waals surface area contributed by atoms with Gasteiger partial charge in [-0.15, -0.1) is 0 Å². The van der Waals surface area contributed by atoms with Crippen molar-refractivity contribution in [1.29, 1.82) is 0 Å². The zero-order valence-corrected chi connectivity index (χ0v) is 35.4. The molecule has 4 rings (SSSR count). The van der Waals surface area contributed by atoms with Gasteiger partial charge in [-0.2, -0.15) is 0 Å². The Kier molecular flexibility index (Phi) is 15.1. The van der Waals surface area contributed by atoms with Gasteiger partial charge in [0, 0.05) is 37.0 Å². The second kappa shape index (κ2) is 18.4. The number of carbonyl (C=O) groups excluding carboxylic acids is 6. The molecule has 2 aliphatic heterocycles. The topological polar surface area (TPSA) is 198 Å². The third kappa shape index (κ3) is 10.8. The van der Waals surface area contributed by atoms with Crippen LogP contribution in [-0.2, 0) is 42.8 Å². The van der Waals surface area contributed by atoms with Crippen LogP contribution in [0.3, 0.4) is 0 Å². The fraction of sp³-hybridized carbons (Fsp3) is 0.600. The molecule has 1 aromatic heterocycles. The van der Waals surface area contributed by atoms with Gasteiger partial charge in [-0.05, 0) is 51.3 Å². The Morgan fingerprint density at radius 3 is 2.09 bits per heavy atom. The summed E-state index contributed by atoms with van der Waals surface area (Å²) in [5.74, 6) is -6.08. The number of fused-ring (bicyclic) bond motifs is 1. The first-order valence-electron chi connectivity index (χ1n) is 17.3. The van der Waals surface area contributed by atoms with E-state index in [0.717, 1.165) is 5.57 Å². The maximum absolute atomic E-state index is 13.6. The fourth-order valence-electron chi connectivity index (χ4n) is 7.09. The van der Waals surface area contributed by atoms with Crippen molar-refractivity contribution < 1.29 is 57.2 Å². The number of imide groups is 2. The highest BCUT2D eigenvalue weighted by Crippen LogP contribution is 2.53. The Balaban J connectivity index is 1.67. The van der Waals surface area contributed by atoms with Crippen LogP contribution in [0.2, 0.25) is 0 Å². The first-order chi connectivity index (χ1) is 26.0. The summed E-state index contributed by atoms with van der Waals surface area (Å²) in [5.41, 5.74) is -0.194. The number of aromatic amines is 1. The second-order valence-electron chi connectivity index (χ2n) is 13.8. The SMILES string of the molecule is CO[C@H]1C[C@H]2C=C[C@@H]3C[C@]2(O[C@H]3[C@H](OC(=O)c2ccc[nH]2)[C@H](C)[C@H](C)OC(=O)NC(=O)C(Cl)(Cl)Cl)/C(C)=C/[C@@H](C)[C@@H]([C@@H](C)OC(=O)NC(=O)C(Cl)(Cl)Cl)OC1=O. The van der Waals surface area contributed by atoms with Crippen molar-refractivity contribution in [3.8, 4) is 0 Å². The minimum absolute atomic E-state index is 0.102. The lowest BCUT2D eigenvalue weighted by Crippen LogP contribution is -2.49. The summed E-state index contributed by atoms with van der Waals surface area (Å²) < 4.78 is 30.6. The summed E-state index contributed by atoms with van der Waals surface area (Å²) in [4.78, 5) is 79.2. The first-order valence-corrected chi connectivity index (χ1v) is 19.6. The van der Waals surface area contributed by atoms with E-state index in [-0.39, 0.29) is 18.0 Å². The van der Waals surface area contributed by atoms with Crippen LogP contribution in [0.25, 0.3) is 0 Å². The van der Waals surface area contributed by atoms with Crippen molar-refractivity contribution in [3.63, 3.8) is 0 Å². The number of aromatic nitrogens is 1. The van der Waals surface area contributed by atoms with Gasteiger partial charge in [-0.1, -0.05) is 102 Å². The highest BCUT2D eigenvalue weighted by molar-refractivity contribution is 6.77. The number of esters is 2. The minimum Gasteiger partial charge on any atom is -0.456 e. The molecule has 1 saturated heterocycles. The predicted molar refractivity (Wildman–Crippen MR) is 204 cm³/mol. The van der Waals surface area contributed by atoms with Gasteiger partial charge in [0.2, 0.25) is 0 Å². The first kappa shape index (κ1) is 45.9. The lowest BCUT2D eigenvalue weighted by Gasteiger charge is -2.42. The van der Waals surface area contributed by atoms with E-state index in [4.69, 9.17) is 98.0 Å². The average molecular weight is 908 g/mol. The maximum Gasteiger partial charge on any atom is 0.414 e. The monoisotopic (exact) mass is 905 g/mol. The quantitative estimate of drug-likeness (QED) is 0.106. The van der Waals surface area contributed by atoms with Crippen molar-refractivity contribution in [2.75, 3.05) is 7.11 Å². The van der Waals surface area contributed by atoms with Crippen LogP contribution in [0.5, 0.6) is 0 Å². The van der Waals surface area contributed by atoms with E-state index in [2.05, 4.69) is 4.98 Å². The minimum atomic E-state index is -2.44.